The highest BCUT2D eigenvalue weighted by Crippen LogP contribution is 2.34. The number of para-hydroxylation sites is 1. The number of carbonyl (C=O) groups excluding carboxylic acids is 3. The van der Waals surface area contributed by atoms with Crippen LogP contribution in [0.25, 0.3) is 9.53 Å². The zero-order chi connectivity index (χ0) is 22.5. The molecule has 162 valence electrons. The molecule has 0 saturated heterocycles. The number of carbonyl (C=O) groups is 3. The van der Waals surface area contributed by atoms with E-state index in [9.17, 15) is 14.4 Å². The van der Waals surface area contributed by atoms with E-state index in [2.05, 4.69) is 21.2 Å². The summed E-state index contributed by atoms with van der Waals surface area (Å²) in [7, 11) is 0. The van der Waals surface area contributed by atoms with Crippen molar-refractivity contribution < 1.29 is 19.1 Å². The van der Waals surface area contributed by atoms with Crippen molar-refractivity contribution in [1.82, 2.24) is 15.8 Å². The van der Waals surface area contributed by atoms with Crippen LogP contribution in [0, 0.1) is 6.92 Å². The van der Waals surface area contributed by atoms with Crippen LogP contribution in [0.2, 0.25) is 0 Å². The van der Waals surface area contributed by atoms with Gasteiger partial charge in [0.15, 0.2) is 11.7 Å². The molecule has 0 radical (unpaired) electrons. The number of hydrazine groups is 1. The van der Waals surface area contributed by atoms with Crippen molar-refractivity contribution in [3.8, 4) is 0 Å². The van der Waals surface area contributed by atoms with E-state index >= 15 is 0 Å². The van der Waals surface area contributed by atoms with Gasteiger partial charge in [0, 0.05) is 11.3 Å². The number of rotatable bonds is 6. The molecule has 0 aliphatic rings. The zero-order valence-corrected chi connectivity index (χ0v) is 18.5. The second-order valence-electron chi connectivity index (χ2n) is 6.73. The number of aryl methyl sites for hydroxylation is 1. The molecule has 2 heterocycles. The van der Waals surface area contributed by atoms with E-state index in [0.717, 1.165) is 21.1 Å². The smallest absolute Gasteiger partial charge is 0.348 e. The molecule has 0 aliphatic heterocycles. The molecular weight excluding hydrogens is 448 g/mol. The van der Waals surface area contributed by atoms with Gasteiger partial charge in [-0.05, 0) is 37.3 Å². The maximum absolute atomic E-state index is 12.3. The number of hydrogen-bond acceptors (Lipinski definition) is 8. The lowest BCUT2D eigenvalue weighted by Crippen LogP contribution is -2.43. The quantitative estimate of drug-likeness (QED) is 0.292. The minimum atomic E-state index is -0.648. The van der Waals surface area contributed by atoms with Crippen LogP contribution in [0.3, 0.4) is 0 Å². The van der Waals surface area contributed by atoms with Gasteiger partial charge in [0.25, 0.3) is 11.8 Å². The van der Waals surface area contributed by atoms with Crippen molar-refractivity contribution >= 4 is 60.8 Å². The number of thiophene rings is 1. The van der Waals surface area contributed by atoms with Crippen LogP contribution in [0.4, 0.5) is 10.8 Å². The Balaban J connectivity index is 1.27. The van der Waals surface area contributed by atoms with E-state index in [4.69, 9.17) is 4.74 Å². The van der Waals surface area contributed by atoms with E-state index in [1.165, 1.54) is 22.7 Å². The summed E-state index contributed by atoms with van der Waals surface area (Å²) in [6.45, 7) is 1.39. The Hall–Kier alpha value is -3.76. The Morgan fingerprint density at radius 3 is 2.44 bits per heavy atom. The van der Waals surface area contributed by atoms with Gasteiger partial charge in [0.2, 0.25) is 0 Å². The molecule has 0 aliphatic carbocycles. The van der Waals surface area contributed by atoms with E-state index < -0.39 is 24.4 Å². The number of benzene rings is 2. The van der Waals surface area contributed by atoms with Gasteiger partial charge in [-0.3, -0.25) is 20.4 Å². The minimum Gasteiger partial charge on any atom is -0.451 e. The Kier molecular flexibility index (Phi) is 6.43. The van der Waals surface area contributed by atoms with Gasteiger partial charge in [0.1, 0.15) is 9.71 Å². The second-order valence-corrected chi connectivity index (χ2v) is 8.80. The van der Waals surface area contributed by atoms with E-state index in [1.807, 2.05) is 37.3 Å². The first kappa shape index (κ1) is 21.5. The molecule has 0 saturated carbocycles. The summed E-state index contributed by atoms with van der Waals surface area (Å²) in [5.74, 6) is -1.74. The number of aromatic nitrogens is 1. The molecule has 4 rings (SSSR count). The molecule has 4 aromatic rings. The van der Waals surface area contributed by atoms with E-state index in [0.29, 0.717) is 15.3 Å². The van der Waals surface area contributed by atoms with Gasteiger partial charge in [-0.2, -0.15) is 0 Å². The monoisotopic (exact) mass is 466 g/mol. The molecule has 2 aromatic carbocycles. The topological polar surface area (TPSA) is 109 Å². The maximum Gasteiger partial charge on any atom is 0.348 e. The summed E-state index contributed by atoms with van der Waals surface area (Å²) in [6.07, 6.45) is 0. The summed E-state index contributed by atoms with van der Waals surface area (Å²) in [5.41, 5.74) is 6.85. The van der Waals surface area contributed by atoms with Gasteiger partial charge in [-0.25, -0.2) is 9.78 Å². The van der Waals surface area contributed by atoms with E-state index in [1.54, 1.807) is 30.3 Å². The molecule has 2 amide bonds. The highest BCUT2D eigenvalue weighted by atomic mass is 32.1. The fourth-order valence-corrected chi connectivity index (χ4v) is 4.71. The predicted molar refractivity (Wildman–Crippen MR) is 124 cm³/mol. The first-order valence-electron chi connectivity index (χ1n) is 9.53. The van der Waals surface area contributed by atoms with Gasteiger partial charge in [-0.15, -0.1) is 11.3 Å². The lowest BCUT2D eigenvalue weighted by atomic mass is 10.1. The van der Waals surface area contributed by atoms with Crippen molar-refractivity contribution in [3.63, 3.8) is 0 Å². The maximum atomic E-state index is 12.3. The number of esters is 1. The van der Waals surface area contributed by atoms with Crippen LogP contribution in [-0.4, -0.2) is 29.4 Å². The van der Waals surface area contributed by atoms with Gasteiger partial charge in [-0.1, -0.05) is 47.2 Å². The molecule has 0 fully saturated rings. The molecule has 0 bridgehead atoms. The Morgan fingerprint density at radius 2 is 1.72 bits per heavy atom. The number of hydrogen-bond donors (Lipinski definition) is 3. The van der Waals surface area contributed by atoms with Crippen LogP contribution in [0.5, 0.6) is 0 Å². The standard InChI is InChI=1S/C22H18N4O4S2/c1-13-7-9-14(10-8-13)19(28)26-25-18(27)12-30-21(29)17-11-16-20(31-17)24-22(32-16)23-15-5-3-2-4-6-15/h2-11H,12H2,1H3,(H,23,24)(H,25,27)(H,26,28). The minimum absolute atomic E-state index is 0.349. The Morgan fingerprint density at radius 1 is 0.969 bits per heavy atom. The number of thiazole rings is 1. The third-order valence-corrected chi connectivity index (χ3v) is 6.34. The molecule has 0 unspecified atom stereocenters. The third kappa shape index (κ3) is 5.29. The molecule has 10 heteroatoms. The van der Waals surface area contributed by atoms with Crippen molar-refractivity contribution in [2.75, 3.05) is 11.9 Å². The Bertz CT molecular complexity index is 1230. The molecular formula is C22H18N4O4S2. The van der Waals surface area contributed by atoms with Crippen LogP contribution < -0.4 is 16.2 Å². The lowest BCUT2D eigenvalue weighted by molar-refractivity contribution is -0.125. The van der Waals surface area contributed by atoms with Crippen LogP contribution in [0.1, 0.15) is 25.6 Å². The highest BCUT2D eigenvalue weighted by molar-refractivity contribution is 7.29. The summed E-state index contributed by atoms with van der Waals surface area (Å²) in [6, 6.07) is 18.2. The first-order chi connectivity index (χ1) is 15.5. The average Bonchev–Trinajstić information content (AvgIpc) is 3.36. The molecule has 3 N–H and O–H groups in total. The normalized spacial score (nSPS) is 10.5. The molecule has 2 aromatic heterocycles. The average molecular weight is 467 g/mol. The number of nitrogens with zero attached hydrogens (tertiary/aromatic N) is 1. The van der Waals surface area contributed by atoms with Gasteiger partial charge in [0.05, 0.1) is 4.70 Å². The van der Waals surface area contributed by atoms with E-state index in [-0.39, 0.29) is 0 Å². The Labute approximate surface area is 191 Å². The van der Waals surface area contributed by atoms with Crippen LogP contribution >= 0.6 is 22.7 Å². The summed E-state index contributed by atoms with van der Waals surface area (Å²) in [5, 5.41) is 3.94. The van der Waals surface area contributed by atoms with Gasteiger partial charge >= 0.3 is 5.97 Å². The van der Waals surface area contributed by atoms with Crippen LogP contribution in [-0.2, 0) is 9.53 Å². The zero-order valence-electron chi connectivity index (χ0n) is 16.9. The predicted octanol–water partition coefficient (Wildman–Crippen LogP) is 4.03. The molecule has 0 atom stereocenters. The third-order valence-electron chi connectivity index (χ3n) is 4.28. The fourth-order valence-electron chi connectivity index (χ4n) is 2.68. The summed E-state index contributed by atoms with van der Waals surface area (Å²) in [4.78, 5) is 41.7. The fraction of sp³-hybridized carbons (Fsp3) is 0.0909. The molecule has 32 heavy (non-hydrogen) atoms. The van der Waals surface area contributed by atoms with Crippen LogP contribution in [0.15, 0.2) is 60.7 Å². The molecule has 0 spiro atoms. The SMILES string of the molecule is Cc1ccc(C(=O)NNC(=O)COC(=O)c2cc3sc(Nc4ccccc4)nc3s2)cc1. The summed E-state index contributed by atoms with van der Waals surface area (Å²) < 4.78 is 5.88. The van der Waals surface area contributed by atoms with Crippen molar-refractivity contribution in [1.29, 1.82) is 0 Å². The van der Waals surface area contributed by atoms with Crippen molar-refractivity contribution in [2.45, 2.75) is 6.92 Å². The lowest BCUT2D eigenvalue weighted by Gasteiger charge is -2.08. The first-order valence-corrected chi connectivity index (χ1v) is 11.2. The highest BCUT2D eigenvalue weighted by Gasteiger charge is 2.17. The van der Waals surface area contributed by atoms with Gasteiger partial charge < -0.3 is 10.1 Å². The van der Waals surface area contributed by atoms with Crippen molar-refractivity contribution in [3.05, 3.63) is 76.7 Å². The summed E-state index contributed by atoms with van der Waals surface area (Å²) >= 11 is 2.61. The van der Waals surface area contributed by atoms with Crippen molar-refractivity contribution in [2.24, 2.45) is 0 Å². The number of amides is 2. The number of fused-ring (bicyclic) bond motifs is 1. The number of ether oxygens (including phenoxy) is 1. The largest absolute Gasteiger partial charge is 0.451 e. The number of nitrogens with one attached hydrogen (secondary N) is 3. The number of anilines is 2. The second kappa shape index (κ2) is 9.58. The molecule has 8 nitrogen and oxygen atoms in total.